The minimum atomic E-state index is -4.00. The lowest BCUT2D eigenvalue weighted by atomic mass is 10.2. The van der Waals surface area contributed by atoms with Crippen LogP contribution in [0, 0.1) is 0 Å². The number of sulfonamides is 1. The van der Waals surface area contributed by atoms with Crippen LogP contribution in [0.2, 0.25) is 10.0 Å². The number of aromatic nitrogens is 2. The number of hydrogen-bond acceptors (Lipinski definition) is 4. The number of nitrogens with zero attached hydrogens (tertiary/aromatic N) is 2. The van der Waals surface area contributed by atoms with Gasteiger partial charge >= 0.3 is 0 Å². The summed E-state index contributed by atoms with van der Waals surface area (Å²) in [6, 6.07) is 18.0. The second kappa shape index (κ2) is 8.82. The summed E-state index contributed by atoms with van der Waals surface area (Å²) in [4.78, 5) is 17.0. The lowest BCUT2D eigenvalue weighted by molar-refractivity contribution is 0.0949. The number of amides is 1. The SMILES string of the molecule is Cn1c(CNC(=O)c2cccc(NS(=O)(=O)c3cc(Cl)ccc3Cl)c2)nc2ccccc21. The number of hydrogen-bond donors (Lipinski definition) is 2. The lowest BCUT2D eigenvalue weighted by Gasteiger charge is -2.11. The number of carbonyl (C=O) groups excluding carboxylic acids is 1. The minimum absolute atomic E-state index is 0.0400. The first kappa shape index (κ1) is 22.1. The molecule has 164 valence electrons. The van der Waals surface area contributed by atoms with Crippen molar-refractivity contribution in [2.45, 2.75) is 11.4 Å². The highest BCUT2D eigenvalue weighted by molar-refractivity contribution is 7.92. The van der Waals surface area contributed by atoms with Gasteiger partial charge in [-0.05, 0) is 48.5 Å². The fourth-order valence-electron chi connectivity index (χ4n) is 3.23. The summed E-state index contributed by atoms with van der Waals surface area (Å²) in [5.41, 5.74) is 2.32. The maximum Gasteiger partial charge on any atom is 0.263 e. The van der Waals surface area contributed by atoms with Gasteiger partial charge in [-0.25, -0.2) is 13.4 Å². The summed E-state index contributed by atoms with van der Waals surface area (Å²) in [5, 5.41) is 3.10. The summed E-state index contributed by atoms with van der Waals surface area (Å²) in [6.45, 7) is 0.220. The van der Waals surface area contributed by atoms with Crippen LogP contribution < -0.4 is 10.0 Å². The van der Waals surface area contributed by atoms with Crippen molar-refractivity contribution in [1.29, 1.82) is 0 Å². The minimum Gasteiger partial charge on any atom is -0.345 e. The number of nitrogens with one attached hydrogen (secondary N) is 2. The summed E-state index contributed by atoms with van der Waals surface area (Å²) in [5.74, 6) is 0.339. The fourth-order valence-corrected chi connectivity index (χ4v) is 5.05. The monoisotopic (exact) mass is 488 g/mol. The van der Waals surface area contributed by atoms with Crippen LogP contribution in [0.3, 0.4) is 0 Å². The molecule has 1 aromatic heterocycles. The first-order valence-corrected chi connectivity index (χ1v) is 11.7. The number of halogens is 2. The maximum atomic E-state index is 12.7. The molecule has 3 aromatic carbocycles. The molecule has 2 N–H and O–H groups in total. The lowest BCUT2D eigenvalue weighted by Crippen LogP contribution is -2.24. The van der Waals surface area contributed by atoms with E-state index >= 15 is 0 Å². The first-order chi connectivity index (χ1) is 15.2. The molecule has 0 aliphatic rings. The van der Waals surface area contributed by atoms with Gasteiger partial charge in [0.1, 0.15) is 10.7 Å². The zero-order valence-electron chi connectivity index (χ0n) is 16.8. The van der Waals surface area contributed by atoms with Gasteiger partial charge in [0.2, 0.25) is 0 Å². The Kier molecular flexibility index (Phi) is 6.10. The Labute approximate surface area is 195 Å². The highest BCUT2D eigenvalue weighted by atomic mass is 35.5. The number of benzene rings is 3. The molecule has 0 spiro atoms. The Morgan fingerprint density at radius 2 is 1.81 bits per heavy atom. The van der Waals surface area contributed by atoms with E-state index in [9.17, 15) is 13.2 Å². The number of aryl methyl sites for hydroxylation is 1. The molecular weight excluding hydrogens is 471 g/mol. The van der Waals surface area contributed by atoms with Crippen LogP contribution in [0.15, 0.2) is 71.6 Å². The van der Waals surface area contributed by atoms with E-state index in [0.717, 1.165) is 11.0 Å². The fraction of sp³-hybridized carbons (Fsp3) is 0.0909. The van der Waals surface area contributed by atoms with E-state index in [1.54, 1.807) is 12.1 Å². The molecule has 0 fully saturated rings. The number of rotatable bonds is 6. The van der Waals surface area contributed by atoms with Crippen molar-refractivity contribution in [3.05, 3.63) is 88.2 Å². The van der Waals surface area contributed by atoms with Gasteiger partial charge in [-0.1, -0.05) is 41.4 Å². The Hall–Kier alpha value is -3.07. The van der Waals surface area contributed by atoms with Gasteiger partial charge < -0.3 is 9.88 Å². The Morgan fingerprint density at radius 3 is 2.59 bits per heavy atom. The molecule has 0 atom stereocenters. The Bertz CT molecular complexity index is 1430. The van der Waals surface area contributed by atoms with Crippen LogP contribution >= 0.6 is 23.2 Å². The molecule has 0 bridgehead atoms. The summed E-state index contributed by atoms with van der Waals surface area (Å²) in [7, 11) is -2.11. The van der Waals surface area contributed by atoms with E-state index in [-0.39, 0.29) is 33.1 Å². The third-order valence-electron chi connectivity index (χ3n) is 4.85. The average Bonchev–Trinajstić information content (AvgIpc) is 3.09. The van der Waals surface area contributed by atoms with E-state index in [4.69, 9.17) is 23.2 Å². The number of fused-ring (bicyclic) bond motifs is 1. The van der Waals surface area contributed by atoms with Gasteiger partial charge in [0.25, 0.3) is 15.9 Å². The number of carbonyl (C=O) groups is 1. The molecule has 0 radical (unpaired) electrons. The van der Waals surface area contributed by atoms with Crippen LogP contribution in [-0.4, -0.2) is 23.9 Å². The van der Waals surface area contributed by atoms with Crippen molar-refractivity contribution in [2.75, 3.05) is 4.72 Å². The van der Waals surface area contributed by atoms with Crippen molar-refractivity contribution in [1.82, 2.24) is 14.9 Å². The van der Waals surface area contributed by atoms with E-state index < -0.39 is 10.0 Å². The van der Waals surface area contributed by atoms with E-state index in [1.807, 2.05) is 35.9 Å². The Balaban J connectivity index is 1.50. The standard InChI is InChI=1S/C22H18Cl2N4O3S/c1-28-19-8-3-2-7-18(19)26-21(28)13-25-22(29)14-5-4-6-16(11-14)27-32(30,31)20-12-15(23)9-10-17(20)24/h2-12,27H,13H2,1H3,(H,25,29). The normalized spacial score (nSPS) is 11.5. The van der Waals surface area contributed by atoms with E-state index in [2.05, 4.69) is 15.0 Å². The van der Waals surface area contributed by atoms with Crippen molar-refractivity contribution in [3.8, 4) is 0 Å². The van der Waals surface area contributed by atoms with Gasteiger partial charge in [-0.15, -0.1) is 0 Å². The highest BCUT2D eigenvalue weighted by Gasteiger charge is 2.19. The molecule has 10 heteroatoms. The molecule has 7 nitrogen and oxygen atoms in total. The van der Waals surface area contributed by atoms with E-state index in [0.29, 0.717) is 11.4 Å². The largest absolute Gasteiger partial charge is 0.345 e. The number of imidazole rings is 1. The number of para-hydroxylation sites is 2. The third kappa shape index (κ3) is 4.57. The molecule has 4 rings (SSSR count). The summed E-state index contributed by atoms with van der Waals surface area (Å²) in [6.07, 6.45) is 0. The van der Waals surface area contributed by atoms with Crippen molar-refractivity contribution in [2.24, 2.45) is 7.05 Å². The molecule has 1 amide bonds. The van der Waals surface area contributed by atoms with Gasteiger partial charge in [-0.3, -0.25) is 9.52 Å². The molecule has 4 aromatic rings. The van der Waals surface area contributed by atoms with Gasteiger partial charge in [0.05, 0.1) is 22.6 Å². The quantitative estimate of drug-likeness (QED) is 0.414. The molecule has 0 aliphatic carbocycles. The molecule has 0 saturated heterocycles. The third-order valence-corrected chi connectivity index (χ3v) is 6.94. The van der Waals surface area contributed by atoms with Gasteiger partial charge in [-0.2, -0.15) is 0 Å². The number of anilines is 1. The predicted molar refractivity (Wildman–Crippen MR) is 126 cm³/mol. The average molecular weight is 489 g/mol. The van der Waals surface area contributed by atoms with Gasteiger partial charge in [0, 0.05) is 23.3 Å². The molecular formula is C22H18Cl2N4O3S. The smallest absolute Gasteiger partial charge is 0.263 e. The van der Waals surface area contributed by atoms with E-state index in [1.165, 1.54) is 30.3 Å². The molecule has 1 heterocycles. The van der Waals surface area contributed by atoms with Crippen LogP contribution in [-0.2, 0) is 23.6 Å². The topological polar surface area (TPSA) is 93.1 Å². The zero-order valence-corrected chi connectivity index (χ0v) is 19.2. The summed E-state index contributed by atoms with van der Waals surface area (Å²) >= 11 is 11.9. The second-order valence-corrected chi connectivity index (χ2v) is 9.51. The maximum absolute atomic E-state index is 12.7. The van der Waals surface area contributed by atoms with Gasteiger partial charge in [0.15, 0.2) is 0 Å². The Morgan fingerprint density at radius 1 is 1.03 bits per heavy atom. The predicted octanol–water partition coefficient (Wildman–Crippen LogP) is 4.61. The molecule has 0 unspecified atom stereocenters. The van der Waals surface area contributed by atoms with Crippen LogP contribution in [0.25, 0.3) is 11.0 Å². The zero-order chi connectivity index (χ0) is 22.9. The first-order valence-electron chi connectivity index (χ1n) is 9.51. The van der Waals surface area contributed by atoms with Crippen molar-refractivity contribution < 1.29 is 13.2 Å². The molecule has 0 saturated carbocycles. The highest BCUT2D eigenvalue weighted by Crippen LogP contribution is 2.27. The van der Waals surface area contributed by atoms with Crippen molar-refractivity contribution >= 4 is 55.9 Å². The van der Waals surface area contributed by atoms with Crippen LogP contribution in [0.4, 0.5) is 5.69 Å². The summed E-state index contributed by atoms with van der Waals surface area (Å²) < 4.78 is 29.8. The van der Waals surface area contributed by atoms with Crippen molar-refractivity contribution in [3.63, 3.8) is 0 Å². The second-order valence-electron chi connectivity index (χ2n) is 7.02. The molecule has 32 heavy (non-hydrogen) atoms. The molecule has 0 aliphatic heterocycles. The van der Waals surface area contributed by atoms with Crippen LogP contribution in [0.5, 0.6) is 0 Å². The van der Waals surface area contributed by atoms with Crippen LogP contribution in [0.1, 0.15) is 16.2 Å².